The van der Waals surface area contributed by atoms with Crippen LogP contribution in [0.3, 0.4) is 0 Å². The second-order valence-corrected chi connectivity index (χ2v) is 2.83. The molecule has 0 bridgehead atoms. The minimum absolute atomic E-state index is 0.000610. The first-order valence-corrected chi connectivity index (χ1v) is 4.13. The fraction of sp³-hybridized carbons (Fsp3) is 0.222. The zero-order chi connectivity index (χ0) is 11.4. The lowest BCUT2D eigenvalue weighted by Gasteiger charge is -2.05. The summed E-state index contributed by atoms with van der Waals surface area (Å²) in [4.78, 5) is 11.0. The molecule has 0 heterocycles. The van der Waals surface area contributed by atoms with E-state index in [1.165, 1.54) is 0 Å². The van der Waals surface area contributed by atoms with Gasteiger partial charge in [-0.15, -0.1) is 0 Å². The lowest BCUT2D eigenvalue weighted by atomic mass is 10.3. The Kier molecular flexibility index (Phi) is 3.68. The first-order valence-electron chi connectivity index (χ1n) is 4.13. The molecular formula is C9H9F3N2O. The van der Waals surface area contributed by atoms with E-state index in [9.17, 15) is 18.0 Å². The number of carbonyl (C=O) groups is 1. The maximum absolute atomic E-state index is 12.7. The standard InChI is InChI=1S/C9H9F3N2O/c1-13-4-8(15)14-5-2-6(10)9(12)7(11)3-5/h2-3,13H,4H2,1H3,(H,14,15). The zero-order valence-corrected chi connectivity index (χ0v) is 7.90. The highest BCUT2D eigenvalue weighted by Gasteiger charge is 2.11. The third-order valence-electron chi connectivity index (χ3n) is 1.60. The quantitative estimate of drug-likeness (QED) is 0.750. The third kappa shape index (κ3) is 2.95. The Bertz CT molecular complexity index is 359. The van der Waals surface area contributed by atoms with Crippen molar-refractivity contribution in [3.05, 3.63) is 29.6 Å². The highest BCUT2D eigenvalue weighted by Crippen LogP contribution is 2.16. The van der Waals surface area contributed by atoms with Crippen LogP contribution in [0.4, 0.5) is 18.9 Å². The van der Waals surface area contributed by atoms with E-state index in [0.29, 0.717) is 12.1 Å². The molecule has 1 amide bonds. The molecule has 15 heavy (non-hydrogen) atoms. The molecule has 2 N–H and O–H groups in total. The number of nitrogens with one attached hydrogen (secondary N) is 2. The van der Waals surface area contributed by atoms with Gasteiger partial charge in [0.2, 0.25) is 5.91 Å². The topological polar surface area (TPSA) is 41.1 Å². The Morgan fingerprint density at radius 1 is 1.27 bits per heavy atom. The molecule has 6 heteroatoms. The Labute approximate surface area is 84.3 Å². The maximum atomic E-state index is 12.7. The van der Waals surface area contributed by atoms with Crippen molar-refractivity contribution in [3.8, 4) is 0 Å². The van der Waals surface area contributed by atoms with Crippen molar-refractivity contribution in [2.75, 3.05) is 18.9 Å². The number of amides is 1. The van der Waals surface area contributed by atoms with Crippen LogP contribution in [0.5, 0.6) is 0 Å². The SMILES string of the molecule is CNCC(=O)Nc1cc(F)c(F)c(F)c1. The van der Waals surface area contributed by atoms with Crippen LogP contribution in [0.15, 0.2) is 12.1 Å². The minimum atomic E-state index is -1.55. The molecule has 1 aromatic rings. The number of carbonyl (C=O) groups excluding carboxylic acids is 1. The molecule has 0 aromatic heterocycles. The van der Waals surface area contributed by atoms with E-state index in [-0.39, 0.29) is 12.2 Å². The zero-order valence-electron chi connectivity index (χ0n) is 7.90. The second-order valence-electron chi connectivity index (χ2n) is 2.83. The van der Waals surface area contributed by atoms with Crippen LogP contribution < -0.4 is 10.6 Å². The lowest BCUT2D eigenvalue weighted by Crippen LogP contribution is -2.25. The van der Waals surface area contributed by atoms with Gasteiger partial charge in [-0.2, -0.15) is 0 Å². The van der Waals surface area contributed by atoms with Crippen molar-refractivity contribution in [3.63, 3.8) is 0 Å². The van der Waals surface area contributed by atoms with E-state index in [4.69, 9.17) is 0 Å². The monoisotopic (exact) mass is 218 g/mol. The Hall–Kier alpha value is -1.56. The van der Waals surface area contributed by atoms with Gasteiger partial charge >= 0.3 is 0 Å². The first kappa shape index (κ1) is 11.5. The summed E-state index contributed by atoms with van der Waals surface area (Å²) in [6.07, 6.45) is 0. The van der Waals surface area contributed by atoms with E-state index in [1.807, 2.05) is 0 Å². The molecular weight excluding hydrogens is 209 g/mol. The number of rotatable bonds is 3. The van der Waals surface area contributed by atoms with E-state index in [0.717, 1.165) is 0 Å². The molecule has 0 aliphatic heterocycles. The highest BCUT2D eigenvalue weighted by atomic mass is 19.2. The van der Waals surface area contributed by atoms with Crippen molar-refractivity contribution in [1.29, 1.82) is 0 Å². The molecule has 1 rings (SSSR count). The summed E-state index contributed by atoms with van der Waals surface area (Å²) >= 11 is 0. The molecule has 0 unspecified atom stereocenters. The predicted octanol–water partition coefficient (Wildman–Crippen LogP) is 1.26. The third-order valence-corrected chi connectivity index (χ3v) is 1.60. The van der Waals surface area contributed by atoms with Gasteiger partial charge in [0, 0.05) is 17.8 Å². The van der Waals surface area contributed by atoms with Crippen LogP contribution in [0.1, 0.15) is 0 Å². The smallest absolute Gasteiger partial charge is 0.238 e. The predicted molar refractivity (Wildman–Crippen MR) is 48.9 cm³/mol. The second kappa shape index (κ2) is 4.79. The van der Waals surface area contributed by atoms with Gasteiger partial charge in [-0.1, -0.05) is 0 Å². The van der Waals surface area contributed by atoms with Crippen LogP contribution in [0.2, 0.25) is 0 Å². The molecule has 0 saturated carbocycles. The summed E-state index contributed by atoms with van der Waals surface area (Å²) in [5.41, 5.74) is -0.119. The van der Waals surface area contributed by atoms with Crippen molar-refractivity contribution in [1.82, 2.24) is 5.32 Å². The summed E-state index contributed by atoms with van der Waals surface area (Å²) < 4.78 is 37.9. The van der Waals surface area contributed by atoms with Crippen LogP contribution in [-0.4, -0.2) is 19.5 Å². The minimum Gasteiger partial charge on any atom is -0.325 e. The van der Waals surface area contributed by atoms with Gasteiger partial charge in [-0.3, -0.25) is 4.79 Å². The maximum Gasteiger partial charge on any atom is 0.238 e. The Balaban J connectivity index is 2.83. The van der Waals surface area contributed by atoms with Crippen LogP contribution in [0.25, 0.3) is 0 Å². The molecule has 82 valence electrons. The van der Waals surface area contributed by atoms with Gasteiger partial charge in [0.1, 0.15) is 0 Å². The lowest BCUT2D eigenvalue weighted by molar-refractivity contribution is -0.115. The molecule has 3 nitrogen and oxygen atoms in total. The van der Waals surface area contributed by atoms with Crippen LogP contribution in [0, 0.1) is 17.5 Å². The average molecular weight is 218 g/mol. The summed E-state index contributed by atoms with van der Waals surface area (Å²) in [5, 5.41) is 4.76. The van der Waals surface area contributed by atoms with E-state index in [2.05, 4.69) is 10.6 Å². The van der Waals surface area contributed by atoms with Gasteiger partial charge in [0.25, 0.3) is 0 Å². The fourth-order valence-electron chi connectivity index (χ4n) is 0.993. The van der Waals surface area contributed by atoms with Crippen molar-refractivity contribution < 1.29 is 18.0 Å². The Morgan fingerprint density at radius 2 is 1.80 bits per heavy atom. The molecule has 0 aliphatic rings. The number of hydrogen-bond donors (Lipinski definition) is 2. The van der Waals surface area contributed by atoms with Gasteiger partial charge < -0.3 is 10.6 Å². The summed E-state index contributed by atoms with van der Waals surface area (Å²) in [7, 11) is 1.55. The van der Waals surface area contributed by atoms with Crippen LogP contribution >= 0.6 is 0 Å². The van der Waals surface area contributed by atoms with Gasteiger partial charge in [0.05, 0.1) is 6.54 Å². The fourth-order valence-corrected chi connectivity index (χ4v) is 0.993. The summed E-state index contributed by atoms with van der Waals surface area (Å²) in [6, 6.07) is 1.43. The van der Waals surface area contributed by atoms with Crippen molar-refractivity contribution in [2.45, 2.75) is 0 Å². The normalized spacial score (nSPS) is 10.1. The first-order chi connectivity index (χ1) is 7.04. The highest BCUT2D eigenvalue weighted by molar-refractivity contribution is 5.92. The average Bonchev–Trinajstić information content (AvgIpc) is 2.14. The molecule has 1 aromatic carbocycles. The number of anilines is 1. The molecule has 0 atom stereocenters. The number of halogens is 3. The van der Waals surface area contributed by atoms with Crippen molar-refractivity contribution >= 4 is 11.6 Å². The Morgan fingerprint density at radius 3 is 2.27 bits per heavy atom. The van der Waals surface area contributed by atoms with E-state index >= 15 is 0 Å². The number of likely N-dealkylation sites (N-methyl/N-ethyl adjacent to an activating group) is 1. The van der Waals surface area contributed by atoms with Gasteiger partial charge in [0.15, 0.2) is 17.5 Å². The molecule has 0 radical (unpaired) electrons. The molecule has 0 saturated heterocycles. The van der Waals surface area contributed by atoms with E-state index < -0.39 is 23.4 Å². The van der Waals surface area contributed by atoms with Crippen molar-refractivity contribution in [2.24, 2.45) is 0 Å². The van der Waals surface area contributed by atoms with E-state index in [1.54, 1.807) is 7.05 Å². The molecule has 0 aliphatic carbocycles. The molecule has 0 spiro atoms. The number of benzene rings is 1. The largest absolute Gasteiger partial charge is 0.325 e. The van der Waals surface area contributed by atoms with Crippen LogP contribution in [-0.2, 0) is 4.79 Å². The van der Waals surface area contributed by atoms with Gasteiger partial charge in [-0.05, 0) is 7.05 Å². The van der Waals surface area contributed by atoms with Gasteiger partial charge in [-0.25, -0.2) is 13.2 Å². The molecule has 0 fully saturated rings. The summed E-state index contributed by atoms with van der Waals surface area (Å²) in [6.45, 7) is 0.000610. The number of hydrogen-bond acceptors (Lipinski definition) is 2. The summed E-state index contributed by atoms with van der Waals surface area (Å²) in [5.74, 6) is -4.70.